The molecule has 3 heterocycles. The third-order valence-electron chi connectivity index (χ3n) is 4.80. The van der Waals surface area contributed by atoms with Crippen LogP contribution in [0, 0.1) is 5.92 Å². The molecule has 0 aromatic carbocycles. The Bertz CT molecular complexity index is 908. The summed E-state index contributed by atoms with van der Waals surface area (Å²) in [5.74, 6) is 0.284. The van der Waals surface area contributed by atoms with Gasteiger partial charge in [0, 0.05) is 34.3 Å². The largest absolute Gasteiger partial charge is 0.384 e. The van der Waals surface area contributed by atoms with E-state index >= 15 is 0 Å². The van der Waals surface area contributed by atoms with Gasteiger partial charge in [0.2, 0.25) is 5.91 Å². The Hall–Kier alpha value is -2.42. The van der Waals surface area contributed by atoms with Gasteiger partial charge in [-0.3, -0.25) is 18.7 Å². The number of hydrogen-bond donors (Lipinski definition) is 0. The first kappa shape index (κ1) is 17.4. The lowest BCUT2D eigenvalue weighted by molar-refractivity contribution is -0.134. The van der Waals surface area contributed by atoms with Gasteiger partial charge < -0.3 is 14.2 Å². The average molecular weight is 349 g/mol. The van der Waals surface area contributed by atoms with Gasteiger partial charge in [0.15, 0.2) is 11.2 Å². The van der Waals surface area contributed by atoms with Crippen LogP contribution in [0.5, 0.6) is 0 Å². The highest BCUT2D eigenvalue weighted by molar-refractivity contribution is 5.79. The van der Waals surface area contributed by atoms with Crippen molar-refractivity contribution in [2.24, 2.45) is 20.0 Å². The third kappa shape index (κ3) is 3.11. The fourth-order valence-corrected chi connectivity index (χ4v) is 3.43. The molecule has 0 bridgehead atoms. The molecule has 1 amide bonds. The Balaban J connectivity index is 1.87. The van der Waals surface area contributed by atoms with Gasteiger partial charge in [-0.25, -0.2) is 9.78 Å². The van der Waals surface area contributed by atoms with Crippen molar-refractivity contribution in [2.45, 2.75) is 19.4 Å². The first-order chi connectivity index (χ1) is 11.9. The maximum Gasteiger partial charge on any atom is 0.332 e. The van der Waals surface area contributed by atoms with Gasteiger partial charge in [0.05, 0.1) is 12.9 Å². The van der Waals surface area contributed by atoms with E-state index < -0.39 is 11.2 Å². The number of amides is 1. The summed E-state index contributed by atoms with van der Waals surface area (Å²) in [6.07, 6.45) is 3.44. The molecule has 0 aliphatic carbocycles. The monoisotopic (exact) mass is 349 g/mol. The highest BCUT2D eigenvalue weighted by Crippen LogP contribution is 2.17. The van der Waals surface area contributed by atoms with E-state index in [1.54, 1.807) is 14.2 Å². The first-order valence-corrected chi connectivity index (χ1v) is 8.31. The number of methoxy groups -OCH3 is 1. The van der Waals surface area contributed by atoms with Crippen molar-refractivity contribution in [3.8, 4) is 0 Å². The minimum absolute atomic E-state index is 0.0314. The van der Waals surface area contributed by atoms with Crippen LogP contribution in [0.1, 0.15) is 12.8 Å². The molecule has 9 heteroatoms. The molecule has 2 aromatic heterocycles. The molecule has 0 radical (unpaired) electrons. The summed E-state index contributed by atoms with van der Waals surface area (Å²) in [7, 11) is 4.64. The van der Waals surface area contributed by atoms with Crippen molar-refractivity contribution in [1.29, 1.82) is 0 Å². The second-order valence-corrected chi connectivity index (χ2v) is 6.55. The first-order valence-electron chi connectivity index (χ1n) is 8.31. The molecule has 136 valence electrons. The van der Waals surface area contributed by atoms with Crippen LogP contribution in [0.4, 0.5) is 0 Å². The number of fused-ring (bicyclic) bond motifs is 1. The van der Waals surface area contributed by atoms with Crippen molar-refractivity contribution >= 4 is 17.1 Å². The normalized spacial score (nSPS) is 18.0. The third-order valence-corrected chi connectivity index (χ3v) is 4.80. The second-order valence-electron chi connectivity index (χ2n) is 6.55. The van der Waals surface area contributed by atoms with Crippen molar-refractivity contribution in [3.63, 3.8) is 0 Å². The predicted molar refractivity (Wildman–Crippen MR) is 91.4 cm³/mol. The number of imidazole rings is 1. The molecule has 1 aliphatic rings. The van der Waals surface area contributed by atoms with E-state index in [1.165, 1.54) is 22.5 Å². The predicted octanol–water partition coefficient (Wildman–Crippen LogP) is -0.681. The molecule has 2 aromatic rings. The zero-order chi connectivity index (χ0) is 18.1. The molecule has 1 saturated heterocycles. The molecule has 1 aliphatic heterocycles. The maximum absolute atomic E-state index is 12.7. The molecule has 0 N–H and O–H groups in total. The van der Waals surface area contributed by atoms with Gasteiger partial charge in [-0.1, -0.05) is 0 Å². The van der Waals surface area contributed by atoms with Crippen LogP contribution in [-0.4, -0.2) is 56.3 Å². The minimum Gasteiger partial charge on any atom is -0.384 e. The lowest BCUT2D eigenvalue weighted by atomic mass is 9.99. The minimum atomic E-state index is -0.445. The summed E-state index contributed by atoms with van der Waals surface area (Å²) < 4.78 is 9.06. The van der Waals surface area contributed by atoms with Gasteiger partial charge in [0.25, 0.3) is 5.56 Å². The number of rotatable bonds is 4. The van der Waals surface area contributed by atoms with Crippen LogP contribution < -0.4 is 11.2 Å². The zero-order valence-electron chi connectivity index (χ0n) is 14.8. The van der Waals surface area contributed by atoms with E-state index in [2.05, 4.69) is 4.98 Å². The van der Waals surface area contributed by atoms with Gasteiger partial charge in [0.1, 0.15) is 6.54 Å². The number of aromatic nitrogens is 4. The number of carbonyl (C=O) groups excluding carboxylic acids is 1. The number of likely N-dealkylation sites (tertiary alicyclic amines) is 1. The fourth-order valence-electron chi connectivity index (χ4n) is 3.43. The summed E-state index contributed by atoms with van der Waals surface area (Å²) in [6, 6.07) is 0. The molecule has 3 rings (SSSR count). The van der Waals surface area contributed by atoms with E-state index in [0.717, 1.165) is 17.4 Å². The van der Waals surface area contributed by atoms with Crippen LogP contribution in [0.2, 0.25) is 0 Å². The topological polar surface area (TPSA) is 91.4 Å². The maximum atomic E-state index is 12.7. The molecule has 1 fully saturated rings. The van der Waals surface area contributed by atoms with Crippen LogP contribution in [0.15, 0.2) is 15.9 Å². The fraction of sp³-hybridized carbons (Fsp3) is 0.625. The second kappa shape index (κ2) is 6.83. The van der Waals surface area contributed by atoms with Gasteiger partial charge in [-0.2, -0.15) is 0 Å². The molecule has 9 nitrogen and oxygen atoms in total. The van der Waals surface area contributed by atoms with Crippen LogP contribution >= 0.6 is 0 Å². The summed E-state index contributed by atoms with van der Waals surface area (Å²) in [4.78, 5) is 43.0. The Kier molecular flexibility index (Phi) is 4.76. The lowest BCUT2D eigenvalue weighted by Gasteiger charge is -2.32. The molecule has 0 saturated carbocycles. The molecule has 1 atom stereocenters. The molecule has 1 unspecified atom stereocenters. The summed E-state index contributed by atoms with van der Waals surface area (Å²) in [5.41, 5.74) is -0.327. The van der Waals surface area contributed by atoms with E-state index in [1.807, 2.05) is 4.90 Å². The number of carbonyl (C=O) groups is 1. The Morgan fingerprint density at radius 2 is 2.08 bits per heavy atom. The number of nitrogens with zero attached hydrogens (tertiary/aromatic N) is 5. The highest BCUT2D eigenvalue weighted by atomic mass is 16.5. The molecular formula is C16H23N5O4. The van der Waals surface area contributed by atoms with Crippen LogP contribution in [-0.2, 0) is 30.2 Å². The Labute approximate surface area is 144 Å². The highest BCUT2D eigenvalue weighted by Gasteiger charge is 2.24. The quantitative estimate of drug-likeness (QED) is 0.729. The molecule has 25 heavy (non-hydrogen) atoms. The summed E-state index contributed by atoms with van der Waals surface area (Å²) >= 11 is 0. The van der Waals surface area contributed by atoms with Gasteiger partial charge in [-0.15, -0.1) is 0 Å². The van der Waals surface area contributed by atoms with Crippen molar-refractivity contribution in [2.75, 3.05) is 26.8 Å². The molecule has 0 spiro atoms. The van der Waals surface area contributed by atoms with Crippen molar-refractivity contribution < 1.29 is 9.53 Å². The average Bonchev–Trinajstić information content (AvgIpc) is 3.02. The lowest BCUT2D eigenvalue weighted by Crippen LogP contribution is -2.43. The summed E-state index contributed by atoms with van der Waals surface area (Å²) in [6.45, 7) is 2.04. The standard InChI is InChI=1S/C16H23N5O4/c1-18-14-13(15(23)19(2)16(18)24)21(10-17-14)8-12(22)20-6-4-5-11(7-20)9-25-3/h10-11H,4-9H2,1-3H3. The Morgan fingerprint density at radius 1 is 1.32 bits per heavy atom. The van der Waals surface area contributed by atoms with Crippen molar-refractivity contribution in [3.05, 3.63) is 27.2 Å². The number of piperidine rings is 1. The van der Waals surface area contributed by atoms with E-state index in [-0.39, 0.29) is 23.6 Å². The van der Waals surface area contributed by atoms with E-state index in [4.69, 9.17) is 4.74 Å². The smallest absolute Gasteiger partial charge is 0.332 e. The molecular weight excluding hydrogens is 326 g/mol. The Morgan fingerprint density at radius 3 is 2.80 bits per heavy atom. The number of aryl methyl sites for hydroxylation is 1. The van der Waals surface area contributed by atoms with Gasteiger partial charge >= 0.3 is 5.69 Å². The number of ether oxygens (including phenoxy) is 1. The number of hydrogen-bond acceptors (Lipinski definition) is 5. The zero-order valence-corrected chi connectivity index (χ0v) is 14.8. The van der Waals surface area contributed by atoms with Crippen LogP contribution in [0.25, 0.3) is 11.2 Å². The van der Waals surface area contributed by atoms with E-state index in [9.17, 15) is 14.4 Å². The van der Waals surface area contributed by atoms with Crippen molar-refractivity contribution in [1.82, 2.24) is 23.6 Å². The SMILES string of the molecule is COCC1CCCN(C(=O)Cn2cnc3c2c(=O)n(C)c(=O)n3C)C1. The van der Waals surface area contributed by atoms with Gasteiger partial charge in [-0.05, 0) is 18.8 Å². The summed E-state index contributed by atoms with van der Waals surface area (Å²) in [5, 5.41) is 0. The van der Waals surface area contributed by atoms with Crippen LogP contribution in [0.3, 0.4) is 0 Å². The van der Waals surface area contributed by atoms with E-state index in [0.29, 0.717) is 25.6 Å².